The fourth-order valence-corrected chi connectivity index (χ4v) is 3.52. The van der Waals surface area contributed by atoms with E-state index in [4.69, 9.17) is 23.2 Å². The van der Waals surface area contributed by atoms with Gasteiger partial charge in [0.15, 0.2) is 5.69 Å². The van der Waals surface area contributed by atoms with Gasteiger partial charge in [-0.2, -0.15) is 10.2 Å². The van der Waals surface area contributed by atoms with Gasteiger partial charge in [-0.3, -0.25) is 19.4 Å². The first kappa shape index (κ1) is 21.6. The maximum absolute atomic E-state index is 12.8. The molecule has 2 aromatic heterocycles. The van der Waals surface area contributed by atoms with E-state index in [1.807, 2.05) is 25.1 Å². The molecule has 4 rings (SSSR count). The first-order valence-corrected chi connectivity index (χ1v) is 10.5. The Kier molecular flexibility index (Phi) is 6.25. The molecular weight excluding hydrogens is 451 g/mol. The summed E-state index contributed by atoms with van der Waals surface area (Å²) in [5.41, 5.74) is 2.33. The number of benzene rings is 2. The van der Waals surface area contributed by atoms with E-state index < -0.39 is 11.8 Å². The van der Waals surface area contributed by atoms with Crippen LogP contribution in [-0.4, -0.2) is 31.8 Å². The second kappa shape index (κ2) is 9.25. The van der Waals surface area contributed by atoms with Crippen molar-refractivity contribution in [1.29, 1.82) is 0 Å². The number of amides is 2. The van der Waals surface area contributed by atoms with Crippen LogP contribution in [0.3, 0.4) is 0 Å². The van der Waals surface area contributed by atoms with Crippen molar-refractivity contribution in [2.75, 3.05) is 10.6 Å². The maximum Gasteiger partial charge on any atom is 0.278 e. The number of hydrogen-bond acceptors (Lipinski definition) is 4. The van der Waals surface area contributed by atoms with Gasteiger partial charge in [-0.25, -0.2) is 0 Å². The van der Waals surface area contributed by atoms with Crippen molar-refractivity contribution >= 4 is 46.4 Å². The highest BCUT2D eigenvalue weighted by atomic mass is 35.5. The van der Waals surface area contributed by atoms with Crippen molar-refractivity contribution in [3.63, 3.8) is 0 Å². The lowest BCUT2D eigenvalue weighted by molar-refractivity contribution is 0.102. The summed E-state index contributed by atoms with van der Waals surface area (Å²) in [7, 11) is 0. The number of carbonyl (C=O) groups is 2. The molecule has 162 valence electrons. The fourth-order valence-electron chi connectivity index (χ4n) is 3.02. The molecule has 32 heavy (non-hydrogen) atoms. The molecule has 0 unspecified atom stereocenters. The second-order valence-electron chi connectivity index (χ2n) is 6.81. The monoisotopic (exact) mass is 468 g/mol. The average Bonchev–Trinajstić information content (AvgIpc) is 3.42. The van der Waals surface area contributed by atoms with E-state index in [1.54, 1.807) is 47.3 Å². The fraction of sp³-hybridized carbons (Fsp3) is 0.0909. The molecule has 10 heteroatoms. The van der Waals surface area contributed by atoms with Gasteiger partial charge in [0.05, 0.1) is 16.4 Å². The van der Waals surface area contributed by atoms with Gasteiger partial charge in [-0.1, -0.05) is 41.4 Å². The van der Waals surface area contributed by atoms with Crippen molar-refractivity contribution < 1.29 is 9.59 Å². The molecule has 4 aromatic rings. The first-order chi connectivity index (χ1) is 15.4. The summed E-state index contributed by atoms with van der Waals surface area (Å²) in [6.07, 6.45) is 1.60. The maximum atomic E-state index is 12.8. The number of nitrogens with one attached hydrogen (secondary N) is 3. The summed E-state index contributed by atoms with van der Waals surface area (Å²) in [5.74, 6) is -0.907. The summed E-state index contributed by atoms with van der Waals surface area (Å²) in [4.78, 5) is 25.6. The van der Waals surface area contributed by atoms with Gasteiger partial charge in [0.2, 0.25) is 0 Å². The molecule has 0 bridgehead atoms. The SMILES string of the molecule is CCn1cc(NC(=O)c2cc(-c3ccc(Cl)cc3Cl)n[nH]2)c(C(=O)Nc2ccccc2)n1. The normalized spacial score (nSPS) is 10.7. The second-order valence-corrected chi connectivity index (χ2v) is 7.66. The third-order valence-electron chi connectivity index (χ3n) is 4.61. The zero-order valence-electron chi connectivity index (χ0n) is 16.9. The summed E-state index contributed by atoms with van der Waals surface area (Å²) >= 11 is 12.2. The minimum atomic E-state index is -0.474. The number of H-pyrrole nitrogens is 1. The predicted molar refractivity (Wildman–Crippen MR) is 124 cm³/mol. The number of aromatic nitrogens is 4. The molecule has 2 aromatic carbocycles. The minimum Gasteiger partial charge on any atom is -0.321 e. The number of aromatic amines is 1. The van der Waals surface area contributed by atoms with Crippen molar-refractivity contribution in [1.82, 2.24) is 20.0 Å². The quantitative estimate of drug-likeness (QED) is 0.365. The van der Waals surface area contributed by atoms with Gasteiger partial charge >= 0.3 is 0 Å². The molecule has 0 radical (unpaired) electrons. The molecule has 0 fully saturated rings. The number of aryl methyl sites for hydroxylation is 1. The van der Waals surface area contributed by atoms with E-state index in [2.05, 4.69) is 25.9 Å². The smallest absolute Gasteiger partial charge is 0.278 e. The highest BCUT2D eigenvalue weighted by Gasteiger charge is 2.21. The molecule has 2 heterocycles. The third-order valence-corrected chi connectivity index (χ3v) is 5.16. The van der Waals surface area contributed by atoms with Crippen molar-refractivity contribution in [2.24, 2.45) is 0 Å². The number of halogens is 2. The summed E-state index contributed by atoms with van der Waals surface area (Å²) in [5, 5.41) is 17.6. The number of para-hydroxylation sites is 1. The lowest BCUT2D eigenvalue weighted by Gasteiger charge is -2.05. The molecule has 0 aliphatic heterocycles. The van der Waals surface area contributed by atoms with E-state index in [0.29, 0.717) is 33.5 Å². The molecule has 2 amide bonds. The highest BCUT2D eigenvalue weighted by Crippen LogP contribution is 2.29. The molecule has 8 nitrogen and oxygen atoms in total. The zero-order valence-corrected chi connectivity index (χ0v) is 18.4. The number of rotatable bonds is 6. The first-order valence-electron chi connectivity index (χ1n) is 9.70. The minimum absolute atomic E-state index is 0.101. The van der Waals surface area contributed by atoms with Gasteiger partial charge in [0.1, 0.15) is 5.69 Å². The number of carbonyl (C=O) groups excluding carboxylic acids is 2. The van der Waals surface area contributed by atoms with Crippen LogP contribution < -0.4 is 10.6 Å². The molecule has 0 saturated heterocycles. The van der Waals surface area contributed by atoms with Crippen LogP contribution in [0.5, 0.6) is 0 Å². The van der Waals surface area contributed by atoms with Gasteiger partial charge in [0.25, 0.3) is 11.8 Å². The molecular formula is C22H18Cl2N6O2. The van der Waals surface area contributed by atoms with Crippen LogP contribution in [0.4, 0.5) is 11.4 Å². The number of nitrogens with zero attached hydrogens (tertiary/aromatic N) is 3. The molecule has 0 aliphatic rings. The van der Waals surface area contributed by atoms with Crippen LogP contribution in [0, 0.1) is 0 Å². The Morgan fingerprint density at radius 2 is 1.81 bits per heavy atom. The van der Waals surface area contributed by atoms with Crippen molar-refractivity contribution in [3.05, 3.63) is 82.2 Å². The third kappa shape index (κ3) is 4.66. The van der Waals surface area contributed by atoms with Crippen LogP contribution in [-0.2, 0) is 6.54 Å². The van der Waals surface area contributed by atoms with E-state index >= 15 is 0 Å². The van der Waals surface area contributed by atoms with Gasteiger partial charge < -0.3 is 10.6 Å². The Hall–Kier alpha value is -3.62. The molecule has 0 atom stereocenters. The summed E-state index contributed by atoms with van der Waals surface area (Å²) in [6, 6.07) is 15.6. The zero-order chi connectivity index (χ0) is 22.7. The van der Waals surface area contributed by atoms with Crippen molar-refractivity contribution in [3.8, 4) is 11.3 Å². The van der Waals surface area contributed by atoms with E-state index in [0.717, 1.165) is 0 Å². The van der Waals surface area contributed by atoms with Gasteiger partial charge in [-0.05, 0) is 43.3 Å². The van der Waals surface area contributed by atoms with Gasteiger partial charge in [-0.15, -0.1) is 0 Å². The highest BCUT2D eigenvalue weighted by molar-refractivity contribution is 6.36. The average molecular weight is 469 g/mol. The van der Waals surface area contributed by atoms with E-state index in [-0.39, 0.29) is 17.1 Å². The van der Waals surface area contributed by atoms with Crippen molar-refractivity contribution in [2.45, 2.75) is 13.5 Å². The van der Waals surface area contributed by atoms with E-state index in [9.17, 15) is 9.59 Å². The van der Waals surface area contributed by atoms with Crippen LogP contribution >= 0.6 is 23.2 Å². The Morgan fingerprint density at radius 1 is 1.03 bits per heavy atom. The topological polar surface area (TPSA) is 105 Å². The van der Waals surface area contributed by atoms with Gasteiger partial charge in [0, 0.05) is 29.0 Å². The van der Waals surface area contributed by atoms with E-state index in [1.165, 1.54) is 0 Å². The molecule has 0 spiro atoms. The largest absolute Gasteiger partial charge is 0.321 e. The molecule has 0 aliphatic carbocycles. The number of anilines is 2. The van der Waals surface area contributed by atoms with Crippen LogP contribution in [0.15, 0.2) is 60.8 Å². The summed E-state index contributed by atoms with van der Waals surface area (Å²) in [6.45, 7) is 2.42. The lowest BCUT2D eigenvalue weighted by Crippen LogP contribution is -2.18. The van der Waals surface area contributed by atoms with Crippen LogP contribution in [0.25, 0.3) is 11.3 Å². The lowest BCUT2D eigenvalue weighted by atomic mass is 10.1. The number of hydrogen-bond donors (Lipinski definition) is 3. The Morgan fingerprint density at radius 3 is 2.53 bits per heavy atom. The van der Waals surface area contributed by atoms with Crippen LogP contribution in [0.1, 0.15) is 27.9 Å². The standard InChI is InChI=1S/C22H18Cl2N6O2/c1-2-30-12-19(20(29-30)22(32)25-14-6-4-3-5-7-14)26-21(31)18-11-17(27-28-18)15-9-8-13(23)10-16(15)24/h3-12H,2H2,1H3,(H,25,32)(H,26,31)(H,27,28). The van der Waals surface area contributed by atoms with Crippen LogP contribution in [0.2, 0.25) is 10.0 Å². The molecule has 0 saturated carbocycles. The predicted octanol–water partition coefficient (Wildman–Crippen LogP) is 5.10. The Bertz CT molecular complexity index is 1280. The Balaban J connectivity index is 1.55. The summed E-state index contributed by atoms with van der Waals surface area (Å²) < 4.78 is 1.57. The Labute approximate surface area is 193 Å². The molecule has 3 N–H and O–H groups in total.